The highest BCUT2D eigenvalue weighted by Crippen LogP contribution is 2.25. The standard InChI is InChI=1S/C8H5ClINOS/c9-8-2-1-7-6(11-8)3-5(12-7)4-13-10/h1-3H,4H2. The lowest BCUT2D eigenvalue weighted by atomic mass is 10.4. The van der Waals surface area contributed by atoms with Crippen LogP contribution in [0.2, 0.25) is 5.15 Å². The molecule has 5 heteroatoms. The highest BCUT2D eigenvalue weighted by molar-refractivity contribution is 14.2. The summed E-state index contributed by atoms with van der Waals surface area (Å²) in [6.07, 6.45) is 0. The van der Waals surface area contributed by atoms with E-state index in [4.69, 9.17) is 16.0 Å². The van der Waals surface area contributed by atoms with Crippen molar-refractivity contribution in [1.82, 2.24) is 4.98 Å². The van der Waals surface area contributed by atoms with E-state index in [-0.39, 0.29) is 0 Å². The van der Waals surface area contributed by atoms with E-state index >= 15 is 0 Å². The minimum Gasteiger partial charge on any atom is -0.458 e. The van der Waals surface area contributed by atoms with Crippen LogP contribution in [0.15, 0.2) is 22.6 Å². The van der Waals surface area contributed by atoms with E-state index in [1.165, 1.54) is 0 Å². The van der Waals surface area contributed by atoms with Gasteiger partial charge in [-0.15, -0.1) is 0 Å². The molecule has 0 amide bonds. The van der Waals surface area contributed by atoms with Gasteiger partial charge in [-0.1, -0.05) is 20.5 Å². The topological polar surface area (TPSA) is 26.0 Å². The highest BCUT2D eigenvalue weighted by Gasteiger charge is 2.04. The fourth-order valence-electron chi connectivity index (χ4n) is 1.08. The van der Waals surface area contributed by atoms with Crippen molar-refractivity contribution in [3.05, 3.63) is 29.1 Å². The van der Waals surface area contributed by atoms with Crippen molar-refractivity contribution >= 4 is 52.8 Å². The van der Waals surface area contributed by atoms with Crippen LogP contribution in [0.1, 0.15) is 5.76 Å². The minimum absolute atomic E-state index is 0.502. The van der Waals surface area contributed by atoms with E-state index in [0.29, 0.717) is 5.15 Å². The first-order valence-electron chi connectivity index (χ1n) is 3.58. The quantitative estimate of drug-likeness (QED) is 0.615. The summed E-state index contributed by atoms with van der Waals surface area (Å²) in [5.41, 5.74) is 1.62. The van der Waals surface area contributed by atoms with Gasteiger partial charge in [0.25, 0.3) is 0 Å². The van der Waals surface area contributed by atoms with Gasteiger partial charge < -0.3 is 4.42 Å². The molecule has 0 radical (unpaired) electrons. The Labute approximate surface area is 96.6 Å². The van der Waals surface area contributed by atoms with Gasteiger partial charge in [0.05, 0.1) is 5.75 Å². The van der Waals surface area contributed by atoms with Crippen molar-refractivity contribution in [2.45, 2.75) is 5.75 Å². The molecule has 0 unspecified atom stereocenters. The number of aromatic nitrogens is 1. The number of pyridine rings is 1. The van der Waals surface area contributed by atoms with E-state index in [1.807, 2.05) is 12.1 Å². The first kappa shape index (κ1) is 9.61. The molecule has 0 aliphatic rings. The fraction of sp³-hybridized carbons (Fsp3) is 0.125. The van der Waals surface area contributed by atoms with E-state index in [2.05, 4.69) is 26.2 Å². The second-order valence-corrected chi connectivity index (χ2v) is 5.25. The largest absolute Gasteiger partial charge is 0.458 e. The predicted molar refractivity (Wildman–Crippen MR) is 64.3 cm³/mol. The lowest BCUT2D eigenvalue weighted by Crippen LogP contribution is -1.72. The molecule has 13 heavy (non-hydrogen) atoms. The molecule has 0 fully saturated rings. The smallest absolute Gasteiger partial charge is 0.152 e. The summed E-state index contributed by atoms with van der Waals surface area (Å²) in [7, 11) is 1.69. The van der Waals surface area contributed by atoms with Crippen LogP contribution in [0, 0.1) is 0 Å². The first-order valence-corrected chi connectivity index (χ1v) is 7.49. The van der Waals surface area contributed by atoms with E-state index in [1.54, 1.807) is 15.0 Å². The maximum atomic E-state index is 5.75. The Hall–Kier alpha value is 0.0600. The Morgan fingerprint density at radius 3 is 3.15 bits per heavy atom. The summed E-state index contributed by atoms with van der Waals surface area (Å²) in [4.78, 5) is 4.14. The third-order valence-corrected chi connectivity index (χ3v) is 3.13. The van der Waals surface area contributed by atoms with E-state index < -0.39 is 0 Å². The fourth-order valence-corrected chi connectivity index (χ4v) is 2.40. The Balaban J connectivity index is 2.49. The molecule has 0 aromatic carbocycles. The summed E-state index contributed by atoms with van der Waals surface area (Å²) in [5.74, 6) is 1.79. The third kappa shape index (κ3) is 2.11. The molecule has 0 spiro atoms. The van der Waals surface area contributed by atoms with Crippen molar-refractivity contribution in [2.75, 3.05) is 0 Å². The molecule has 0 saturated heterocycles. The second kappa shape index (κ2) is 4.06. The summed E-state index contributed by atoms with van der Waals surface area (Å²) in [6.45, 7) is 0. The summed E-state index contributed by atoms with van der Waals surface area (Å²) in [6, 6.07) is 5.49. The maximum Gasteiger partial charge on any atom is 0.152 e. The van der Waals surface area contributed by atoms with Crippen LogP contribution in [-0.4, -0.2) is 4.98 Å². The number of fused-ring (bicyclic) bond motifs is 1. The average molecular weight is 326 g/mol. The number of furan rings is 1. The van der Waals surface area contributed by atoms with E-state index in [9.17, 15) is 0 Å². The first-order chi connectivity index (χ1) is 6.29. The molecule has 0 N–H and O–H groups in total. The molecule has 0 bridgehead atoms. The van der Waals surface area contributed by atoms with Crippen molar-refractivity contribution < 1.29 is 4.42 Å². The van der Waals surface area contributed by atoms with Gasteiger partial charge >= 0.3 is 0 Å². The van der Waals surface area contributed by atoms with Gasteiger partial charge in [0.1, 0.15) is 16.4 Å². The minimum atomic E-state index is 0.502. The van der Waals surface area contributed by atoms with Crippen LogP contribution in [0.3, 0.4) is 0 Å². The molecule has 2 heterocycles. The molecule has 0 atom stereocenters. The zero-order chi connectivity index (χ0) is 9.26. The number of nitrogens with zero attached hydrogens (tertiary/aromatic N) is 1. The lowest BCUT2D eigenvalue weighted by Gasteiger charge is -1.87. The molecular weight excluding hydrogens is 321 g/mol. The third-order valence-electron chi connectivity index (χ3n) is 1.59. The van der Waals surface area contributed by atoms with Gasteiger partial charge in [0, 0.05) is 6.07 Å². The van der Waals surface area contributed by atoms with Crippen molar-refractivity contribution in [2.24, 2.45) is 0 Å². The zero-order valence-electron chi connectivity index (χ0n) is 6.46. The van der Waals surface area contributed by atoms with Crippen LogP contribution < -0.4 is 0 Å². The van der Waals surface area contributed by atoms with Gasteiger partial charge in [-0.05, 0) is 33.3 Å². The summed E-state index contributed by atoms with van der Waals surface area (Å²) < 4.78 is 5.52. The molecule has 68 valence electrons. The molecule has 2 aromatic heterocycles. The average Bonchev–Trinajstić information content (AvgIpc) is 2.46. The highest BCUT2D eigenvalue weighted by atomic mass is 127. The van der Waals surface area contributed by atoms with Crippen LogP contribution in [0.25, 0.3) is 11.1 Å². The molecule has 0 saturated carbocycles. The monoisotopic (exact) mass is 325 g/mol. The molecule has 2 rings (SSSR count). The van der Waals surface area contributed by atoms with Crippen molar-refractivity contribution in [3.63, 3.8) is 0 Å². The maximum absolute atomic E-state index is 5.75. The Morgan fingerprint density at radius 1 is 1.54 bits per heavy atom. The number of halogens is 2. The van der Waals surface area contributed by atoms with Crippen LogP contribution >= 0.6 is 41.7 Å². The van der Waals surface area contributed by atoms with Crippen molar-refractivity contribution in [3.8, 4) is 0 Å². The van der Waals surface area contributed by atoms with Gasteiger partial charge in [-0.3, -0.25) is 0 Å². The van der Waals surface area contributed by atoms with Crippen LogP contribution in [-0.2, 0) is 5.75 Å². The van der Waals surface area contributed by atoms with Gasteiger partial charge in [-0.2, -0.15) is 0 Å². The van der Waals surface area contributed by atoms with Gasteiger partial charge in [0.2, 0.25) is 0 Å². The normalized spacial score (nSPS) is 10.9. The summed E-state index contributed by atoms with van der Waals surface area (Å²) >= 11 is 7.98. The molecule has 0 aliphatic carbocycles. The summed E-state index contributed by atoms with van der Waals surface area (Å²) in [5, 5.41) is 0.502. The Kier molecular flexibility index (Phi) is 3.00. The van der Waals surface area contributed by atoms with Gasteiger partial charge in [-0.25, -0.2) is 4.98 Å². The molecule has 2 aromatic rings. The lowest BCUT2D eigenvalue weighted by molar-refractivity contribution is 0.574. The molecule has 2 nitrogen and oxygen atoms in total. The predicted octanol–water partition coefficient (Wildman–Crippen LogP) is 4.06. The molecular formula is C8H5ClINOS. The number of hydrogen-bond donors (Lipinski definition) is 0. The zero-order valence-corrected chi connectivity index (χ0v) is 10.2. The van der Waals surface area contributed by atoms with Crippen LogP contribution in [0.4, 0.5) is 0 Å². The van der Waals surface area contributed by atoms with Crippen molar-refractivity contribution in [1.29, 1.82) is 0 Å². The van der Waals surface area contributed by atoms with E-state index in [0.717, 1.165) is 22.6 Å². The van der Waals surface area contributed by atoms with Crippen LogP contribution in [0.5, 0.6) is 0 Å². The number of hydrogen-bond acceptors (Lipinski definition) is 3. The Morgan fingerprint density at radius 2 is 2.38 bits per heavy atom. The SMILES string of the molecule is Clc1ccc2oc(CSI)cc2n1. The second-order valence-electron chi connectivity index (χ2n) is 2.48. The Bertz CT molecular complexity index is 431. The van der Waals surface area contributed by atoms with Gasteiger partial charge in [0.15, 0.2) is 5.58 Å². The number of rotatable bonds is 2. The molecule has 0 aliphatic heterocycles.